The minimum atomic E-state index is -0.298. The molecule has 6 nitrogen and oxygen atoms in total. The van der Waals surface area contributed by atoms with Crippen molar-refractivity contribution in [1.29, 1.82) is 0 Å². The van der Waals surface area contributed by atoms with Crippen LogP contribution in [0.15, 0.2) is 30.5 Å². The van der Waals surface area contributed by atoms with Crippen LogP contribution < -0.4 is 10.1 Å². The van der Waals surface area contributed by atoms with Crippen molar-refractivity contribution in [1.82, 2.24) is 14.5 Å². The standard InChI is InChI=1S/C21H27ClN4O2/c1-6-28-15-9-7-14(8-10-15)11-21(4,5)25-18-16-12-26(13(2)3)19(27)17(16)23-20(22)24-18/h7-10,12-13,27H,6,11H2,1-5H3,(H,23,24,25). The third kappa shape index (κ3) is 4.33. The van der Waals surface area contributed by atoms with Crippen LogP contribution in [0.1, 0.15) is 46.2 Å². The van der Waals surface area contributed by atoms with Crippen LogP contribution in [0.4, 0.5) is 5.82 Å². The molecule has 1 aromatic carbocycles. The van der Waals surface area contributed by atoms with Crippen LogP contribution in [-0.4, -0.2) is 31.8 Å². The lowest BCUT2D eigenvalue weighted by Gasteiger charge is -2.27. The van der Waals surface area contributed by atoms with E-state index in [2.05, 4.69) is 41.3 Å². The molecule has 0 saturated carbocycles. The minimum absolute atomic E-state index is 0.0951. The van der Waals surface area contributed by atoms with Gasteiger partial charge in [-0.1, -0.05) is 12.1 Å². The second-order valence-corrected chi connectivity index (χ2v) is 8.16. The summed E-state index contributed by atoms with van der Waals surface area (Å²) < 4.78 is 7.27. The van der Waals surface area contributed by atoms with Crippen molar-refractivity contribution >= 4 is 28.3 Å². The van der Waals surface area contributed by atoms with Crippen molar-refractivity contribution in [2.24, 2.45) is 0 Å². The fourth-order valence-corrected chi connectivity index (χ4v) is 3.46. The van der Waals surface area contributed by atoms with Crippen LogP contribution >= 0.6 is 11.6 Å². The monoisotopic (exact) mass is 402 g/mol. The molecule has 0 fully saturated rings. The van der Waals surface area contributed by atoms with Crippen molar-refractivity contribution in [3.8, 4) is 11.6 Å². The van der Waals surface area contributed by atoms with Crippen LogP contribution in [0.3, 0.4) is 0 Å². The molecule has 0 aliphatic heterocycles. The summed E-state index contributed by atoms with van der Waals surface area (Å²) in [5.41, 5.74) is 1.33. The van der Waals surface area contributed by atoms with E-state index in [4.69, 9.17) is 16.3 Å². The molecule has 0 aliphatic carbocycles. The van der Waals surface area contributed by atoms with Crippen LogP contribution in [0.25, 0.3) is 10.9 Å². The number of benzene rings is 1. The molecule has 7 heteroatoms. The first kappa shape index (κ1) is 20.3. The Kier molecular flexibility index (Phi) is 5.70. The topological polar surface area (TPSA) is 72.2 Å². The Hall–Kier alpha value is -2.47. The van der Waals surface area contributed by atoms with Crippen molar-refractivity contribution in [3.63, 3.8) is 0 Å². The second-order valence-electron chi connectivity index (χ2n) is 7.82. The average Bonchev–Trinajstić information content (AvgIpc) is 2.94. The highest BCUT2D eigenvalue weighted by Crippen LogP contribution is 2.34. The van der Waals surface area contributed by atoms with E-state index in [1.165, 1.54) is 5.56 Å². The van der Waals surface area contributed by atoms with Crippen LogP contribution in [0.5, 0.6) is 11.6 Å². The van der Waals surface area contributed by atoms with Gasteiger partial charge >= 0.3 is 0 Å². The molecule has 3 aromatic rings. The normalized spacial score (nSPS) is 12.0. The molecule has 0 bridgehead atoms. The van der Waals surface area contributed by atoms with Crippen molar-refractivity contribution in [2.75, 3.05) is 11.9 Å². The van der Waals surface area contributed by atoms with Gasteiger partial charge in [0.2, 0.25) is 11.2 Å². The molecule has 28 heavy (non-hydrogen) atoms. The van der Waals surface area contributed by atoms with Gasteiger partial charge in [0.15, 0.2) is 0 Å². The van der Waals surface area contributed by atoms with Gasteiger partial charge in [0.1, 0.15) is 17.1 Å². The summed E-state index contributed by atoms with van der Waals surface area (Å²) in [6, 6.07) is 8.19. The molecular weight excluding hydrogens is 376 g/mol. The fourth-order valence-electron chi connectivity index (χ4n) is 3.29. The molecular formula is C21H27ClN4O2. The summed E-state index contributed by atoms with van der Waals surface area (Å²) in [6.45, 7) is 10.8. The molecule has 2 heterocycles. The number of nitrogens with zero attached hydrogens (tertiary/aromatic N) is 3. The van der Waals surface area contributed by atoms with Gasteiger partial charge in [0.25, 0.3) is 0 Å². The molecule has 2 N–H and O–H groups in total. The second kappa shape index (κ2) is 7.87. The molecule has 0 aliphatic rings. The summed E-state index contributed by atoms with van der Waals surface area (Å²) >= 11 is 6.12. The Morgan fingerprint density at radius 3 is 2.50 bits per heavy atom. The van der Waals surface area contributed by atoms with Gasteiger partial charge in [-0.3, -0.25) is 0 Å². The maximum atomic E-state index is 10.5. The maximum Gasteiger partial charge on any atom is 0.225 e. The van der Waals surface area contributed by atoms with Crippen LogP contribution in [0.2, 0.25) is 5.28 Å². The number of hydrogen-bond acceptors (Lipinski definition) is 5. The van der Waals surface area contributed by atoms with E-state index < -0.39 is 0 Å². The lowest BCUT2D eigenvalue weighted by Crippen LogP contribution is -2.34. The summed E-state index contributed by atoms with van der Waals surface area (Å²) in [5, 5.41) is 14.8. The van der Waals surface area contributed by atoms with Gasteiger partial charge in [0.05, 0.1) is 12.0 Å². The summed E-state index contributed by atoms with van der Waals surface area (Å²) in [6.07, 6.45) is 2.64. The minimum Gasteiger partial charge on any atom is -0.494 e. The summed E-state index contributed by atoms with van der Waals surface area (Å²) in [7, 11) is 0. The van der Waals surface area contributed by atoms with E-state index >= 15 is 0 Å². The van der Waals surface area contributed by atoms with E-state index in [0.29, 0.717) is 17.9 Å². The largest absolute Gasteiger partial charge is 0.494 e. The van der Waals surface area contributed by atoms with E-state index in [1.54, 1.807) is 4.57 Å². The van der Waals surface area contributed by atoms with Gasteiger partial charge in [0, 0.05) is 17.8 Å². The third-order valence-electron chi connectivity index (χ3n) is 4.54. The lowest BCUT2D eigenvalue weighted by atomic mass is 9.94. The highest BCUT2D eigenvalue weighted by molar-refractivity contribution is 6.29. The number of ether oxygens (including phenoxy) is 1. The predicted molar refractivity (Wildman–Crippen MR) is 114 cm³/mol. The first-order chi connectivity index (χ1) is 13.2. The highest BCUT2D eigenvalue weighted by atomic mass is 35.5. The molecule has 150 valence electrons. The fraction of sp³-hybridized carbons (Fsp3) is 0.429. The number of rotatable bonds is 7. The number of aromatic nitrogens is 3. The SMILES string of the molecule is CCOc1ccc(CC(C)(C)Nc2nc(Cl)nc3c(O)n(C(C)C)cc23)cc1. The first-order valence-corrected chi connectivity index (χ1v) is 9.85. The third-order valence-corrected chi connectivity index (χ3v) is 4.71. The van der Waals surface area contributed by atoms with Gasteiger partial charge in [-0.2, -0.15) is 0 Å². The Balaban J connectivity index is 1.88. The number of fused-ring (bicyclic) bond motifs is 1. The van der Waals surface area contributed by atoms with Gasteiger partial charge in [-0.05, 0) is 70.3 Å². The smallest absolute Gasteiger partial charge is 0.225 e. The molecule has 3 rings (SSSR count). The summed E-state index contributed by atoms with van der Waals surface area (Å²) in [4.78, 5) is 8.59. The Bertz CT molecular complexity index is 965. The Labute approximate surface area is 170 Å². The number of aromatic hydroxyl groups is 1. The van der Waals surface area contributed by atoms with Crippen molar-refractivity contribution < 1.29 is 9.84 Å². The Morgan fingerprint density at radius 2 is 1.89 bits per heavy atom. The number of nitrogens with one attached hydrogen (secondary N) is 1. The zero-order valence-electron chi connectivity index (χ0n) is 17.0. The molecule has 2 aromatic heterocycles. The predicted octanol–water partition coefficient (Wildman–Crippen LogP) is 5.20. The quantitative estimate of drug-likeness (QED) is 0.531. The Morgan fingerprint density at radius 1 is 1.21 bits per heavy atom. The zero-order chi connectivity index (χ0) is 20.5. The van der Waals surface area contributed by atoms with E-state index in [9.17, 15) is 5.11 Å². The first-order valence-electron chi connectivity index (χ1n) is 9.47. The van der Waals surface area contributed by atoms with Gasteiger partial charge < -0.3 is 19.7 Å². The zero-order valence-corrected chi connectivity index (χ0v) is 17.7. The molecule has 0 atom stereocenters. The maximum absolute atomic E-state index is 10.5. The lowest BCUT2D eigenvalue weighted by molar-refractivity contribution is 0.340. The van der Waals surface area contributed by atoms with Gasteiger partial charge in [-0.15, -0.1) is 0 Å². The highest BCUT2D eigenvalue weighted by Gasteiger charge is 2.23. The van der Waals surface area contributed by atoms with Crippen LogP contribution in [0, 0.1) is 0 Å². The van der Waals surface area contributed by atoms with Crippen molar-refractivity contribution in [3.05, 3.63) is 41.3 Å². The number of hydrogen-bond donors (Lipinski definition) is 2. The van der Waals surface area contributed by atoms with Crippen molar-refractivity contribution in [2.45, 2.75) is 52.6 Å². The molecule has 0 radical (unpaired) electrons. The molecule has 0 unspecified atom stereocenters. The average molecular weight is 403 g/mol. The molecule has 0 amide bonds. The molecule has 0 spiro atoms. The molecule has 0 saturated heterocycles. The van der Waals surface area contributed by atoms with E-state index in [0.717, 1.165) is 17.6 Å². The number of anilines is 1. The van der Waals surface area contributed by atoms with Crippen LogP contribution in [-0.2, 0) is 6.42 Å². The van der Waals surface area contributed by atoms with Gasteiger partial charge in [-0.25, -0.2) is 9.97 Å². The van der Waals surface area contributed by atoms with E-state index in [1.807, 2.05) is 39.1 Å². The van der Waals surface area contributed by atoms with E-state index in [-0.39, 0.29) is 22.7 Å². The summed E-state index contributed by atoms with van der Waals surface area (Å²) in [5.74, 6) is 1.58. The number of halogens is 1.